The van der Waals surface area contributed by atoms with Crippen LogP contribution in [0.2, 0.25) is 0 Å². The first-order valence-electron chi connectivity index (χ1n) is 5.97. The lowest BCUT2D eigenvalue weighted by molar-refractivity contribution is 0.0695. The molecule has 0 atom stereocenters. The van der Waals surface area contributed by atoms with E-state index in [9.17, 15) is 13.6 Å². The smallest absolute Gasteiger partial charge is 0.335 e. The molecule has 0 aliphatic carbocycles. The fraction of sp³-hybridized carbons (Fsp3) is 0.133. The summed E-state index contributed by atoms with van der Waals surface area (Å²) < 4.78 is 32.2. The number of carbonyl (C=O) groups is 1. The molecule has 104 valence electrons. The topological polar surface area (TPSA) is 46.5 Å². The molecule has 2 aromatic carbocycles. The molecule has 0 radical (unpaired) electrons. The number of hydrogen-bond donors (Lipinski definition) is 1. The molecule has 1 N–H and O–H groups in total. The molecular weight excluding hydrogens is 266 g/mol. The largest absolute Gasteiger partial charge is 0.487 e. The van der Waals surface area contributed by atoms with Gasteiger partial charge in [-0.1, -0.05) is 30.3 Å². The summed E-state index contributed by atoms with van der Waals surface area (Å²) >= 11 is 0. The average Bonchev–Trinajstić information content (AvgIpc) is 2.42. The number of carboxylic acid groups (broad SMARTS) is 1. The van der Waals surface area contributed by atoms with Crippen LogP contribution in [-0.2, 0) is 6.42 Å². The Kier molecular flexibility index (Phi) is 4.30. The maximum Gasteiger partial charge on any atom is 0.335 e. The third-order valence-corrected chi connectivity index (χ3v) is 2.73. The van der Waals surface area contributed by atoms with E-state index in [2.05, 4.69) is 0 Å². The van der Waals surface area contributed by atoms with Crippen LogP contribution in [0.5, 0.6) is 5.75 Å². The lowest BCUT2D eigenvalue weighted by Gasteiger charge is -2.09. The van der Waals surface area contributed by atoms with E-state index in [0.29, 0.717) is 6.42 Å². The van der Waals surface area contributed by atoms with Crippen molar-refractivity contribution in [2.75, 3.05) is 6.61 Å². The third-order valence-electron chi connectivity index (χ3n) is 2.73. The van der Waals surface area contributed by atoms with Gasteiger partial charge in [-0.25, -0.2) is 13.6 Å². The second kappa shape index (κ2) is 6.14. The predicted molar refractivity (Wildman–Crippen MR) is 69.0 cm³/mol. The standard InChI is InChI=1S/C15H12F2O3/c16-12-8-11(15(18)19)9-13(17)14(12)20-7-6-10-4-2-1-3-5-10/h1-5,8-9H,6-7H2,(H,18,19). The number of ether oxygens (including phenoxy) is 1. The van der Waals surface area contributed by atoms with E-state index >= 15 is 0 Å². The van der Waals surface area contributed by atoms with Gasteiger partial charge >= 0.3 is 5.97 Å². The van der Waals surface area contributed by atoms with Crippen molar-refractivity contribution >= 4 is 5.97 Å². The summed E-state index contributed by atoms with van der Waals surface area (Å²) in [5.74, 6) is -3.98. The van der Waals surface area contributed by atoms with E-state index in [1.54, 1.807) is 0 Å². The van der Waals surface area contributed by atoms with E-state index in [1.165, 1.54) is 0 Å². The van der Waals surface area contributed by atoms with Gasteiger partial charge in [0.15, 0.2) is 17.4 Å². The maximum atomic E-state index is 13.6. The predicted octanol–water partition coefficient (Wildman–Crippen LogP) is 3.28. The Bertz CT molecular complexity index is 589. The zero-order chi connectivity index (χ0) is 14.5. The Morgan fingerprint density at radius 3 is 2.25 bits per heavy atom. The second-order valence-electron chi connectivity index (χ2n) is 4.16. The SMILES string of the molecule is O=C(O)c1cc(F)c(OCCc2ccccc2)c(F)c1. The van der Waals surface area contributed by atoms with Gasteiger partial charge in [0.25, 0.3) is 0 Å². The van der Waals surface area contributed by atoms with Gasteiger partial charge in [0.05, 0.1) is 12.2 Å². The second-order valence-corrected chi connectivity index (χ2v) is 4.16. The van der Waals surface area contributed by atoms with Crippen molar-refractivity contribution in [2.45, 2.75) is 6.42 Å². The molecule has 0 fully saturated rings. The molecule has 0 aromatic heterocycles. The van der Waals surface area contributed by atoms with E-state index in [-0.39, 0.29) is 6.61 Å². The summed E-state index contributed by atoms with van der Waals surface area (Å²) in [5, 5.41) is 8.68. The van der Waals surface area contributed by atoms with Crippen molar-refractivity contribution < 1.29 is 23.4 Å². The highest BCUT2D eigenvalue weighted by atomic mass is 19.1. The van der Waals surface area contributed by atoms with Crippen LogP contribution < -0.4 is 4.74 Å². The lowest BCUT2D eigenvalue weighted by atomic mass is 10.2. The van der Waals surface area contributed by atoms with Gasteiger partial charge in [0.2, 0.25) is 0 Å². The van der Waals surface area contributed by atoms with Gasteiger partial charge < -0.3 is 9.84 Å². The van der Waals surface area contributed by atoms with Crippen LogP contribution >= 0.6 is 0 Å². The summed E-state index contributed by atoms with van der Waals surface area (Å²) in [6, 6.07) is 10.8. The number of benzene rings is 2. The van der Waals surface area contributed by atoms with Crippen LogP contribution in [0.1, 0.15) is 15.9 Å². The summed E-state index contributed by atoms with van der Waals surface area (Å²) in [6.45, 7) is 0.101. The maximum absolute atomic E-state index is 13.6. The zero-order valence-electron chi connectivity index (χ0n) is 10.5. The van der Waals surface area contributed by atoms with Gasteiger partial charge in [-0.05, 0) is 17.7 Å². The van der Waals surface area contributed by atoms with E-state index < -0.39 is 28.9 Å². The molecule has 2 aromatic rings. The molecule has 0 unspecified atom stereocenters. The molecule has 20 heavy (non-hydrogen) atoms. The minimum Gasteiger partial charge on any atom is -0.487 e. The number of hydrogen-bond acceptors (Lipinski definition) is 2. The molecule has 5 heteroatoms. The van der Waals surface area contributed by atoms with Crippen LogP contribution in [0, 0.1) is 11.6 Å². The molecule has 0 saturated heterocycles. The minimum absolute atomic E-state index is 0.101. The average molecular weight is 278 g/mol. The molecule has 3 nitrogen and oxygen atoms in total. The highest BCUT2D eigenvalue weighted by Gasteiger charge is 2.15. The number of rotatable bonds is 5. The Balaban J connectivity index is 2.05. The van der Waals surface area contributed by atoms with E-state index in [0.717, 1.165) is 17.7 Å². The number of carboxylic acids is 1. The molecule has 2 rings (SSSR count). The number of aromatic carboxylic acids is 1. The van der Waals surface area contributed by atoms with Gasteiger partial charge in [-0.3, -0.25) is 0 Å². The molecule has 0 aliphatic rings. The van der Waals surface area contributed by atoms with Crippen molar-refractivity contribution in [3.05, 3.63) is 65.2 Å². The van der Waals surface area contributed by atoms with Crippen molar-refractivity contribution in [3.63, 3.8) is 0 Å². The molecular formula is C15H12F2O3. The van der Waals surface area contributed by atoms with E-state index in [4.69, 9.17) is 9.84 Å². The minimum atomic E-state index is -1.39. The molecule has 0 aliphatic heterocycles. The van der Waals surface area contributed by atoms with Gasteiger partial charge in [0, 0.05) is 6.42 Å². The fourth-order valence-electron chi connectivity index (χ4n) is 1.74. The van der Waals surface area contributed by atoms with Crippen LogP contribution in [0.25, 0.3) is 0 Å². The first kappa shape index (κ1) is 14.0. The normalized spacial score (nSPS) is 10.3. The van der Waals surface area contributed by atoms with Crippen LogP contribution in [0.4, 0.5) is 8.78 Å². The highest BCUT2D eigenvalue weighted by Crippen LogP contribution is 2.23. The molecule has 0 heterocycles. The quantitative estimate of drug-likeness (QED) is 0.913. The van der Waals surface area contributed by atoms with Crippen molar-refractivity contribution in [1.29, 1.82) is 0 Å². The highest BCUT2D eigenvalue weighted by molar-refractivity contribution is 5.87. The van der Waals surface area contributed by atoms with Gasteiger partial charge in [0.1, 0.15) is 0 Å². The third kappa shape index (κ3) is 3.32. The molecule has 0 saturated carbocycles. The number of halogens is 2. The molecule has 0 spiro atoms. The Morgan fingerprint density at radius 1 is 1.10 bits per heavy atom. The first-order valence-corrected chi connectivity index (χ1v) is 5.97. The monoisotopic (exact) mass is 278 g/mol. The Hall–Kier alpha value is -2.43. The summed E-state index contributed by atoms with van der Waals surface area (Å²) in [6.07, 6.45) is 0.500. The molecule has 0 bridgehead atoms. The Labute approximate surface area is 114 Å². The van der Waals surface area contributed by atoms with Crippen molar-refractivity contribution in [2.24, 2.45) is 0 Å². The first-order chi connectivity index (χ1) is 9.58. The van der Waals surface area contributed by atoms with Crippen molar-refractivity contribution in [3.8, 4) is 5.75 Å². The van der Waals surface area contributed by atoms with Crippen LogP contribution in [-0.4, -0.2) is 17.7 Å². The van der Waals surface area contributed by atoms with Crippen LogP contribution in [0.3, 0.4) is 0 Å². The summed E-state index contributed by atoms with van der Waals surface area (Å²) in [5.41, 5.74) is 0.533. The summed E-state index contributed by atoms with van der Waals surface area (Å²) in [7, 11) is 0. The zero-order valence-corrected chi connectivity index (χ0v) is 10.5. The molecule has 0 amide bonds. The van der Waals surface area contributed by atoms with Gasteiger partial charge in [-0.2, -0.15) is 0 Å². The Morgan fingerprint density at radius 2 is 1.70 bits per heavy atom. The van der Waals surface area contributed by atoms with E-state index in [1.807, 2.05) is 30.3 Å². The van der Waals surface area contributed by atoms with Crippen molar-refractivity contribution in [1.82, 2.24) is 0 Å². The fourth-order valence-corrected chi connectivity index (χ4v) is 1.74. The summed E-state index contributed by atoms with van der Waals surface area (Å²) in [4.78, 5) is 10.6. The van der Waals surface area contributed by atoms with Gasteiger partial charge in [-0.15, -0.1) is 0 Å². The lowest BCUT2D eigenvalue weighted by Crippen LogP contribution is -2.06. The van der Waals surface area contributed by atoms with Crippen LogP contribution in [0.15, 0.2) is 42.5 Å².